The predicted octanol–water partition coefficient (Wildman–Crippen LogP) is 4.91. The molecule has 19 heavy (non-hydrogen) atoms. The molecular formula is C16H11FOS. The van der Waals surface area contributed by atoms with Gasteiger partial charge >= 0.3 is 0 Å². The Morgan fingerprint density at radius 2 is 1.79 bits per heavy atom. The first-order valence-electron chi connectivity index (χ1n) is 5.95. The minimum absolute atomic E-state index is 0.209. The van der Waals surface area contributed by atoms with Gasteiger partial charge in [0.2, 0.25) is 0 Å². The van der Waals surface area contributed by atoms with Crippen LogP contribution in [0.2, 0.25) is 0 Å². The highest BCUT2D eigenvalue weighted by Gasteiger charge is 2.15. The fourth-order valence-corrected chi connectivity index (χ4v) is 3.06. The van der Waals surface area contributed by atoms with Crippen molar-refractivity contribution in [2.45, 2.75) is 6.92 Å². The molecule has 0 spiro atoms. The van der Waals surface area contributed by atoms with Crippen LogP contribution in [0.4, 0.5) is 4.39 Å². The van der Waals surface area contributed by atoms with Gasteiger partial charge in [-0.2, -0.15) is 0 Å². The van der Waals surface area contributed by atoms with Crippen LogP contribution in [0, 0.1) is 5.82 Å². The third-order valence-electron chi connectivity index (χ3n) is 3.05. The monoisotopic (exact) mass is 270 g/mol. The molecule has 0 saturated carbocycles. The van der Waals surface area contributed by atoms with Crippen molar-refractivity contribution in [3.8, 4) is 11.1 Å². The SMILES string of the molecule is CC(=O)c1sc2ccc(-c3ccccc3)cc2c1F. The van der Waals surface area contributed by atoms with Crippen molar-refractivity contribution < 1.29 is 9.18 Å². The van der Waals surface area contributed by atoms with Gasteiger partial charge in [-0.3, -0.25) is 4.79 Å². The van der Waals surface area contributed by atoms with Gasteiger partial charge in [-0.05, 0) is 23.3 Å². The fourth-order valence-electron chi connectivity index (χ4n) is 2.10. The Bertz CT molecular complexity index is 759. The maximum absolute atomic E-state index is 14.2. The van der Waals surface area contributed by atoms with E-state index in [1.807, 2.05) is 48.5 Å². The predicted molar refractivity (Wildman–Crippen MR) is 77.2 cm³/mol. The number of halogens is 1. The van der Waals surface area contributed by atoms with E-state index in [1.165, 1.54) is 18.3 Å². The van der Waals surface area contributed by atoms with Crippen LogP contribution in [0.5, 0.6) is 0 Å². The second kappa shape index (κ2) is 4.59. The molecule has 0 fully saturated rings. The molecule has 0 unspecified atom stereocenters. The van der Waals surface area contributed by atoms with Crippen LogP contribution in [-0.4, -0.2) is 5.78 Å². The molecule has 0 aliphatic heterocycles. The molecule has 0 atom stereocenters. The summed E-state index contributed by atoms with van der Waals surface area (Å²) in [7, 11) is 0. The van der Waals surface area contributed by atoms with Gasteiger partial charge in [0.15, 0.2) is 11.6 Å². The van der Waals surface area contributed by atoms with Crippen molar-refractivity contribution in [3.05, 3.63) is 59.2 Å². The third-order valence-corrected chi connectivity index (χ3v) is 4.30. The number of thiophene rings is 1. The normalized spacial score (nSPS) is 10.8. The minimum atomic E-state index is -0.398. The number of carbonyl (C=O) groups excluding carboxylic acids is 1. The largest absolute Gasteiger partial charge is 0.293 e. The first kappa shape index (κ1) is 12.1. The molecule has 3 rings (SSSR count). The van der Waals surface area contributed by atoms with E-state index in [2.05, 4.69) is 0 Å². The second-order valence-corrected chi connectivity index (χ2v) is 5.43. The van der Waals surface area contributed by atoms with Crippen molar-refractivity contribution in [2.75, 3.05) is 0 Å². The molecule has 0 N–H and O–H groups in total. The molecule has 94 valence electrons. The molecule has 1 heterocycles. The summed E-state index contributed by atoms with van der Waals surface area (Å²) < 4.78 is 15.0. The van der Waals surface area contributed by atoms with Crippen LogP contribution < -0.4 is 0 Å². The summed E-state index contributed by atoms with van der Waals surface area (Å²) in [6.07, 6.45) is 0. The summed E-state index contributed by atoms with van der Waals surface area (Å²) in [5.41, 5.74) is 2.00. The third kappa shape index (κ3) is 2.06. The van der Waals surface area contributed by atoms with Crippen LogP contribution in [0.1, 0.15) is 16.6 Å². The number of ketones is 1. The highest BCUT2D eigenvalue weighted by atomic mass is 32.1. The summed E-state index contributed by atoms with van der Waals surface area (Å²) in [6, 6.07) is 15.4. The summed E-state index contributed by atoms with van der Waals surface area (Å²) >= 11 is 1.21. The lowest BCUT2D eigenvalue weighted by molar-refractivity contribution is 0.101. The molecule has 2 aromatic carbocycles. The summed E-state index contributed by atoms with van der Waals surface area (Å²) in [6.45, 7) is 1.39. The Labute approximate surface area is 114 Å². The number of hydrogen-bond acceptors (Lipinski definition) is 2. The Kier molecular flexibility index (Phi) is 2.91. The van der Waals surface area contributed by atoms with E-state index in [9.17, 15) is 9.18 Å². The Hall–Kier alpha value is -2.00. The van der Waals surface area contributed by atoms with E-state index in [4.69, 9.17) is 0 Å². The second-order valence-electron chi connectivity index (χ2n) is 4.38. The van der Waals surface area contributed by atoms with Gasteiger partial charge in [0.25, 0.3) is 0 Å². The average molecular weight is 270 g/mol. The minimum Gasteiger partial charge on any atom is -0.293 e. The van der Waals surface area contributed by atoms with Crippen molar-refractivity contribution >= 4 is 27.2 Å². The van der Waals surface area contributed by atoms with Gasteiger partial charge in [-0.25, -0.2) is 4.39 Å². The summed E-state index contributed by atoms with van der Waals surface area (Å²) in [5, 5.41) is 0.525. The smallest absolute Gasteiger partial charge is 0.172 e. The molecule has 0 aliphatic rings. The topological polar surface area (TPSA) is 17.1 Å². The number of benzene rings is 2. The first-order valence-corrected chi connectivity index (χ1v) is 6.77. The Morgan fingerprint density at radius 1 is 1.05 bits per heavy atom. The van der Waals surface area contributed by atoms with E-state index in [1.54, 1.807) is 0 Å². The van der Waals surface area contributed by atoms with Crippen LogP contribution in [0.3, 0.4) is 0 Å². The highest BCUT2D eigenvalue weighted by molar-refractivity contribution is 7.20. The lowest BCUT2D eigenvalue weighted by atomic mass is 10.0. The summed E-state index contributed by atoms with van der Waals surface area (Å²) in [4.78, 5) is 11.6. The van der Waals surface area contributed by atoms with Gasteiger partial charge < -0.3 is 0 Å². The zero-order valence-corrected chi connectivity index (χ0v) is 11.1. The Balaban J connectivity index is 2.21. The van der Waals surface area contributed by atoms with Crippen LogP contribution >= 0.6 is 11.3 Å². The molecule has 0 bridgehead atoms. The summed E-state index contributed by atoms with van der Waals surface area (Å²) in [5.74, 6) is -0.620. The van der Waals surface area contributed by atoms with Crippen molar-refractivity contribution in [1.82, 2.24) is 0 Å². The number of hydrogen-bond donors (Lipinski definition) is 0. The molecule has 1 nitrogen and oxygen atoms in total. The van der Waals surface area contributed by atoms with E-state index in [0.717, 1.165) is 15.8 Å². The maximum Gasteiger partial charge on any atom is 0.172 e. The molecule has 3 heteroatoms. The van der Waals surface area contributed by atoms with E-state index in [0.29, 0.717) is 5.39 Å². The van der Waals surface area contributed by atoms with Gasteiger partial charge in [0.05, 0.1) is 0 Å². The number of fused-ring (bicyclic) bond motifs is 1. The van der Waals surface area contributed by atoms with Gasteiger partial charge in [-0.1, -0.05) is 36.4 Å². The van der Waals surface area contributed by atoms with Crippen LogP contribution in [-0.2, 0) is 0 Å². The first-order chi connectivity index (χ1) is 9.16. The molecule has 0 aliphatic carbocycles. The number of Topliss-reactive ketones (excluding diaryl/α,β-unsaturated/α-hetero) is 1. The fraction of sp³-hybridized carbons (Fsp3) is 0.0625. The standard InChI is InChI=1S/C16H11FOS/c1-10(18)16-15(17)13-9-12(7-8-14(13)19-16)11-5-3-2-4-6-11/h2-9H,1H3. The van der Waals surface area contributed by atoms with Crippen molar-refractivity contribution in [2.24, 2.45) is 0 Å². The lowest BCUT2D eigenvalue weighted by Crippen LogP contribution is -1.89. The molecule has 0 radical (unpaired) electrons. The van der Waals surface area contributed by atoms with Crippen LogP contribution in [0.15, 0.2) is 48.5 Å². The molecule has 0 saturated heterocycles. The van der Waals surface area contributed by atoms with Crippen LogP contribution in [0.25, 0.3) is 21.2 Å². The van der Waals surface area contributed by atoms with E-state index in [-0.39, 0.29) is 10.7 Å². The molecule has 3 aromatic rings. The number of rotatable bonds is 2. The zero-order chi connectivity index (χ0) is 13.4. The number of carbonyl (C=O) groups is 1. The zero-order valence-electron chi connectivity index (χ0n) is 10.3. The van der Waals surface area contributed by atoms with E-state index >= 15 is 0 Å². The van der Waals surface area contributed by atoms with Crippen molar-refractivity contribution in [1.29, 1.82) is 0 Å². The van der Waals surface area contributed by atoms with E-state index < -0.39 is 5.82 Å². The van der Waals surface area contributed by atoms with Gasteiger partial charge in [-0.15, -0.1) is 11.3 Å². The quantitative estimate of drug-likeness (QED) is 0.605. The average Bonchev–Trinajstić information content (AvgIpc) is 2.77. The molecular weight excluding hydrogens is 259 g/mol. The maximum atomic E-state index is 14.2. The Morgan fingerprint density at radius 3 is 2.47 bits per heavy atom. The van der Waals surface area contributed by atoms with Crippen molar-refractivity contribution in [3.63, 3.8) is 0 Å². The molecule has 0 amide bonds. The lowest BCUT2D eigenvalue weighted by Gasteiger charge is -2.01. The van der Waals surface area contributed by atoms with Gasteiger partial charge in [0, 0.05) is 17.0 Å². The highest BCUT2D eigenvalue weighted by Crippen LogP contribution is 2.33. The molecule has 1 aromatic heterocycles. The van der Waals surface area contributed by atoms with Gasteiger partial charge in [0.1, 0.15) is 4.88 Å².